The van der Waals surface area contributed by atoms with Crippen LogP contribution in [0.15, 0.2) is 28.8 Å². The van der Waals surface area contributed by atoms with Gasteiger partial charge in [0.1, 0.15) is 12.4 Å². The van der Waals surface area contributed by atoms with Gasteiger partial charge in [-0.15, -0.1) is 0 Å². The zero-order chi connectivity index (χ0) is 19.1. The van der Waals surface area contributed by atoms with Crippen LogP contribution in [0, 0.1) is 11.7 Å². The maximum Gasteiger partial charge on any atom is 0.273 e. The van der Waals surface area contributed by atoms with E-state index < -0.39 is 0 Å². The largest absolute Gasteiger partial charge is 0.381 e. The van der Waals surface area contributed by atoms with E-state index in [1.807, 2.05) is 0 Å². The van der Waals surface area contributed by atoms with Gasteiger partial charge in [-0.05, 0) is 18.1 Å². The van der Waals surface area contributed by atoms with Crippen LogP contribution in [0.25, 0.3) is 0 Å². The van der Waals surface area contributed by atoms with Crippen LogP contribution in [0.3, 0.4) is 0 Å². The summed E-state index contributed by atoms with van der Waals surface area (Å²) < 4.78 is 34.7. The lowest BCUT2D eigenvalue weighted by atomic mass is 10.1. The van der Waals surface area contributed by atoms with E-state index in [-0.39, 0.29) is 37.2 Å². The van der Waals surface area contributed by atoms with Crippen LogP contribution in [-0.2, 0) is 34.0 Å². The molecule has 1 amide bonds. The standard InChI is InChI=1S/C19H23FN2O5/c1-24-11-15-3-2-13(6-17(15)20)9-26-12-16-7-18(22-27-16)19(23)21-8-14-4-5-25-10-14/h2-3,6-7,14H,4-5,8-12H2,1H3,(H,21,23). The molecule has 0 aliphatic carbocycles. The Hall–Kier alpha value is -2.29. The van der Waals surface area contributed by atoms with Crippen molar-refractivity contribution in [3.05, 3.63) is 52.7 Å². The lowest BCUT2D eigenvalue weighted by Crippen LogP contribution is -2.29. The number of hydrogen-bond donors (Lipinski definition) is 1. The minimum atomic E-state index is -0.329. The quantitative estimate of drug-likeness (QED) is 0.722. The number of ether oxygens (including phenoxy) is 3. The number of nitrogens with one attached hydrogen (secondary N) is 1. The third-order valence-electron chi connectivity index (χ3n) is 4.30. The van der Waals surface area contributed by atoms with Gasteiger partial charge in [0.05, 0.1) is 19.8 Å². The number of benzene rings is 1. The Labute approximate surface area is 156 Å². The second kappa shape index (κ2) is 9.59. The minimum Gasteiger partial charge on any atom is -0.381 e. The van der Waals surface area contributed by atoms with E-state index in [2.05, 4.69) is 10.5 Å². The number of rotatable bonds is 9. The molecule has 1 aliphatic heterocycles. The summed E-state index contributed by atoms with van der Waals surface area (Å²) in [7, 11) is 1.52. The molecule has 2 heterocycles. The SMILES string of the molecule is COCc1ccc(COCc2cc(C(=O)NCC3CCOC3)no2)cc1F. The fraction of sp³-hybridized carbons (Fsp3) is 0.474. The molecule has 8 heteroatoms. The molecule has 0 radical (unpaired) electrons. The van der Waals surface area contributed by atoms with Gasteiger partial charge >= 0.3 is 0 Å². The van der Waals surface area contributed by atoms with Gasteiger partial charge < -0.3 is 24.1 Å². The number of carbonyl (C=O) groups is 1. The normalized spacial score (nSPS) is 16.6. The highest BCUT2D eigenvalue weighted by molar-refractivity contribution is 5.92. The number of methoxy groups -OCH3 is 1. The van der Waals surface area contributed by atoms with Crippen LogP contribution in [0.4, 0.5) is 4.39 Å². The van der Waals surface area contributed by atoms with Gasteiger partial charge in [0.2, 0.25) is 0 Å². The van der Waals surface area contributed by atoms with Gasteiger partial charge in [0.15, 0.2) is 11.5 Å². The monoisotopic (exact) mass is 378 g/mol. The molecule has 1 unspecified atom stereocenters. The molecule has 0 bridgehead atoms. The molecule has 1 aromatic heterocycles. The summed E-state index contributed by atoms with van der Waals surface area (Å²) in [5, 5.41) is 6.58. The summed E-state index contributed by atoms with van der Waals surface area (Å²) in [6, 6.07) is 6.41. The summed E-state index contributed by atoms with van der Waals surface area (Å²) in [4.78, 5) is 12.1. The maximum absolute atomic E-state index is 13.8. The molecule has 2 aromatic rings. The fourth-order valence-electron chi connectivity index (χ4n) is 2.78. The first-order chi connectivity index (χ1) is 13.2. The Bertz CT molecular complexity index is 758. The van der Waals surface area contributed by atoms with Crippen LogP contribution in [0.1, 0.15) is 33.8 Å². The summed E-state index contributed by atoms with van der Waals surface area (Å²) in [6.07, 6.45) is 0.950. The average Bonchev–Trinajstić information content (AvgIpc) is 3.34. The summed E-state index contributed by atoms with van der Waals surface area (Å²) in [5.41, 5.74) is 1.41. The molecule has 3 rings (SSSR count). The molecular formula is C19H23FN2O5. The van der Waals surface area contributed by atoms with Crippen molar-refractivity contribution in [1.29, 1.82) is 0 Å². The summed E-state index contributed by atoms with van der Waals surface area (Å²) in [5.74, 6) is 0.164. The molecule has 1 aliphatic rings. The topological polar surface area (TPSA) is 82.8 Å². The van der Waals surface area contributed by atoms with Gasteiger partial charge in [0.25, 0.3) is 5.91 Å². The van der Waals surface area contributed by atoms with Crippen molar-refractivity contribution >= 4 is 5.91 Å². The molecule has 146 valence electrons. The van der Waals surface area contributed by atoms with Crippen molar-refractivity contribution < 1.29 is 27.9 Å². The van der Waals surface area contributed by atoms with E-state index in [0.29, 0.717) is 36.0 Å². The zero-order valence-corrected chi connectivity index (χ0v) is 15.2. The first-order valence-corrected chi connectivity index (χ1v) is 8.81. The van der Waals surface area contributed by atoms with Crippen LogP contribution in [-0.4, -0.2) is 37.9 Å². The van der Waals surface area contributed by atoms with Gasteiger partial charge in [0, 0.05) is 37.8 Å². The van der Waals surface area contributed by atoms with E-state index in [0.717, 1.165) is 13.0 Å². The molecule has 1 aromatic carbocycles. The van der Waals surface area contributed by atoms with E-state index in [1.165, 1.54) is 13.2 Å². The predicted molar refractivity (Wildman–Crippen MR) is 93.4 cm³/mol. The van der Waals surface area contributed by atoms with Crippen molar-refractivity contribution in [2.75, 3.05) is 26.9 Å². The van der Waals surface area contributed by atoms with Gasteiger partial charge in [-0.3, -0.25) is 4.79 Å². The van der Waals surface area contributed by atoms with Crippen LogP contribution in [0.2, 0.25) is 0 Å². The Morgan fingerprint density at radius 2 is 2.22 bits per heavy atom. The fourth-order valence-corrected chi connectivity index (χ4v) is 2.78. The lowest BCUT2D eigenvalue weighted by molar-refractivity contribution is 0.0875. The third kappa shape index (κ3) is 5.59. The van der Waals surface area contributed by atoms with Crippen molar-refractivity contribution in [3.8, 4) is 0 Å². The number of carbonyl (C=O) groups excluding carboxylic acids is 1. The van der Waals surface area contributed by atoms with Crippen LogP contribution >= 0.6 is 0 Å². The van der Waals surface area contributed by atoms with E-state index in [4.69, 9.17) is 18.7 Å². The number of halogens is 1. The number of amides is 1. The average molecular weight is 378 g/mol. The molecule has 1 saturated heterocycles. The molecule has 1 fully saturated rings. The van der Waals surface area contributed by atoms with Crippen LogP contribution in [0.5, 0.6) is 0 Å². The van der Waals surface area contributed by atoms with E-state index in [1.54, 1.807) is 18.2 Å². The van der Waals surface area contributed by atoms with Crippen molar-refractivity contribution in [2.45, 2.75) is 26.2 Å². The molecule has 27 heavy (non-hydrogen) atoms. The molecular weight excluding hydrogens is 355 g/mol. The van der Waals surface area contributed by atoms with Crippen molar-refractivity contribution in [1.82, 2.24) is 10.5 Å². The highest BCUT2D eigenvalue weighted by atomic mass is 19.1. The molecule has 1 N–H and O–H groups in total. The Morgan fingerprint density at radius 1 is 1.33 bits per heavy atom. The second-order valence-electron chi connectivity index (χ2n) is 6.47. The Balaban J connectivity index is 1.43. The zero-order valence-electron chi connectivity index (χ0n) is 15.2. The molecule has 1 atom stereocenters. The minimum absolute atomic E-state index is 0.137. The highest BCUT2D eigenvalue weighted by Gasteiger charge is 2.18. The van der Waals surface area contributed by atoms with Crippen LogP contribution < -0.4 is 5.32 Å². The molecule has 0 saturated carbocycles. The van der Waals surface area contributed by atoms with Gasteiger partial charge in [-0.1, -0.05) is 17.3 Å². The van der Waals surface area contributed by atoms with Gasteiger partial charge in [-0.2, -0.15) is 0 Å². The maximum atomic E-state index is 13.8. The van der Waals surface area contributed by atoms with Crippen molar-refractivity contribution in [3.63, 3.8) is 0 Å². The number of nitrogens with zero attached hydrogens (tertiary/aromatic N) is 1. The summed E-state index contributed by atoms with van der Waals surface area (Å²) >= 11 is 0. The first kappa shape index (κ1) is 19.5. The first-order valence-electron chi connectivity index (χ1n) is 8.81. The second-order valence-corrected chi connectivity index (χ2v) is 6.47. The Kier molecular flexibility index (Phi) is 6.92. The molecule has 0 spiro atoms. The highest BCUT2D eigenvalue weighted by Crippen LogP contribution is 2.14. The summed E-state index contributed by atoms with van der Waals surface area (Å²) in [6.45, 7) is 2.55. The third-order valence-corrected chi connectivity index (χ3v) is 4.30. The lowest BCUT2D eigenvalue weighted by Gasteiger charge is -2.07. The predicted octanol–water partition coefficient (Wildman–Crippen LogP) is 2.44. The van der Waals surface area contributed by atoms with Gasteiger partial charge in [-0.25, -0.2) is 4.39 Å². The number of aromatic nitrogens is 1. The Morgan fingerprint density at radius 3 is 2.96 bits per heavy atom. The number of hydrogen-bond acceptors (Lipinski definition) is 6. The van der Waals surface area contributed by atoms with E-state index >= 15 is 0 Å². The van der Waals surface area contributed by atoms with Crippen molar-refractivity contribution in [2.24, 2.45) is 5.92 Å². The molecule has 7 nitrogen and oxygen atoms in total. The van der Waals surface area contributed by atoms with E-state index in [9.17, 15) is 9.18 Å². The smallest absolute Gasteiger partial charge is 0.273 e.